The molecule has 0 amide bonds. The Morgan fingerprint density at radius 3 is 2.04 bits per heavy atom. The number of benzene rings is 7. The Balaban J connectivity index is 1.30. The Hall–Kier alpha value is -6.43. The second-order valence-electron chi connectivity index (χ2n) is 12.5. The highest BCUT2D eigenvalue weighted by Crippen LogP contribution is 2.43. The zero-order chi connectivity index (χ0) is 34.1. The van der Waals surface area contributed by atoms with E-state index in [2.05, 4.69) is 138 Å². The van der Waals surface area contributed by atoms with Gasteiger partial charge in [0.05, 0.1) is 22.3 Å². The van der Waals surface area contributed by atoms with Crippen LogP contribution in [0.3, 0.4) is 0 Å². The molecule has 5 heteroatoms. The van der Waals surface area contributed by atoms with E-state index in [4.69, 9.17) is 9.98 Å². The standard InChI is InChI=1S/C46H32N4S/c1-47-45(33-18-9-4-10-19-33)49-46(48-30-31-14-5-2-6-15-31)35-20-13-21-36(28-35)50-41-29-34(32-16-7-3-8-17-32)24-25-37(41)39-26-27-40-38-22-11-12-23-42(38)51-44(40)43(39)50/h2-29H,1,30H2. The normalized spacial score (nSPS) is 12.3. The number of fused-ring (bicyclic) bond motifs is 7. The molecule has 0 bridgehead atoms. The maximum absolute atomic E-state index is 5.09. The number of aromatic nitrogens is 1. The van der Waals surface area contributed by atoms with E-state index in [0.29, 0.717) is 18.2 Å². The lowest BCUT2D eigenvalue weighted by Gasteiger charge is -2.12. The Morgan fingerprint density at radius 2 is 1.24 bits per heavy atom. The zero-order valence-electron chi connectivity index (χ0n) is 27.8. The van der Waals surface area contributed by atoms with Gasteiger partial charge in [-0.1, -0.05) is 146 Å². The van der Waals surface area contributed by atoms with Crippen LogP contribution in [-0.4, -0.2) is 23.0 Å². The smallest absolute Gasteiger partial charge is 0.161 e. The molecule has 4 nitrogen and oxygen atoms in total. The highest BCUT2D eigenvalue weighted by molar-refractivity contribution is 7.26. The van der Waals surface area contributed by atoms with Crippen molar-refractivity contribution in [3.63, 3.8) is 0 Å². The van der Waals surface area contributed by atoms with Crippen LogP contribution in [0.4, 0.5) is 0 Å². The maximum atomic E-state index is 5.09. The molecule has 0 unspecified atom stereocenters. The minimum Gasteiger partial charge on any atom is -0.308 e. The number of amidine groups is 2. The van der Waals surface area contributed by atoms with Gasteiger partial charge in [-0.05, 0) is 47.7 Å². The summed E-state index contributed by atoms with van der Waals surface area (Å²) in [6, 6.07) is 59.5. The second-order valence-corrected chi connectivity index (χ2v) is 13.6. The molecule has 0 saturated heterocycles. The number of nitrogens with zero attached hydrogens (tertiary/aromatic N) is 4. The lowest BCUT2D eigenvalue weighted by atomic mass is 10.0. The van der Waals surface area contributed by atoms with Crippen LogP contribution in [0.2, 0.25) is 0 Å². The van der Waals surface area contributed by atoms with Gasteiger partial charge in [0.25, 0.3) is 0 Å². The minimum absolute atomic E-state index is 0.487. The fourth-order valence-electron chi connectivity index (χ4n) is 6.96. The van der Waals surface area contributed by atoms with Crippen LogP contribution in [-0.2, 0) is 6.54 Å². The molecule has 0 N–H and O–H groups in total. The molecule has 0 saturated carbocycles. The van der Waals surface area contributed by atoms with E-state index in [0.717, 1.165) is 27.9 Å². The van der Waals surface area contributed by atoms with Crippen LogP contribution < -0.4 is 0 Å². The molecule has 2 aromatic heterocycles. The van der Waals surface area contributed by atoms with Gasteiger partial charge in [-0.15, -0.1) is 11.3 Å². The number of aliphatic imine (C=N–C) groups is 3. The summed E-state index contributed by atoms with van der Waals surface area (Å²) in [5.41, 5.74) is 8.65. The van der Waals surface area contributed by atoms with E-state index in [1.165, 1.54) is 47.6 Å². The molecule has 0 spiro atoms. The van der Waals surface area contributed by atoms with Crippen molar-refractivity contribution in [2.45, 2.75) is 6.54 Å². The van der Waals surface area contributed by atoms with Crippen LogP contribution in [0.5, 0.6) is 0 Å². The van der Waals surface area contributed by atoms with E-state index >= 15 is 0 Å². The summed E-state index contributed by atoms with van der Waals surface area (Å²) < 4.78 is 4.99. The van der Waals surface area contributed by atoms with Crippen LogP contribution in [0, 0.1) is 0 Å². The molecule has 0 aliphatic heterocycles. The van der Waals surface area contributed by atoms with Crippen molar-refractivity contribution < 1.29 is 0 Å². The average Bonchev–Trinajstić information content (AvgIpc) is 3.75. The molecule has 7 aromatic carbocycles. The fourth-order valence-corrected chi connectivity index (χ4v) is 8.20. The SMILES string of the molecule is C=NC(=NC(=NCc1ccccc1)c1cccc(-n2c3cc(-c4ccccc4)ccc3c3ccc4c5ccccc5sc4c32)c1)c1ccccc1. The summed E-state index contributed by atoms with van der Waals surface area (Å²) in [7, 11) is 0. The fraction of sp³-hybridized carbons (Fsp3) is 0.0217. The van der Waals surface area contributed by atoms with Gasteiger partial charge in [0.15, 0.2) is 11.7 Å². The Kier molecular flexibility index (Phi) is 7.88. The monoisotopic (exact) mass is 672 g/mol. The Morgan fingerprint density at radius 1 is 0.549 bits per heavy atom. The van der Waals surface area contributed by atoms with Crippen molar-refractivity contribution >= 4 is 71.7 Å². The molecule has 242 valence electrons. The summed E-state index contributed by atoms with van der Waals surface area (Å²) in [5, 5.41) is 5.00. The highest BCUT2D eigenvalue weighted by atomic mass is 32.1. The van der Waals surface area contributed by atoms with E-state index in [-0.39, 0.29) is 0 Å². The van der Waals surface area contributed by atoms with E-state index in [1.807, 2.05) is 59.9 Å². The lowest BCUT2D eigenvalue weighted by molar-refractivity contribution is 1.06. The Labute approximate surface area is 300 Å². The molecule has 9 aromatic rings. The molecule has 9 rings (SSSR count). The van der Waals surface area contributed by atoms with Gasteiger partial charge in [0, 0.05) is 43.1 Å². The first-order chi connectivity index (χ1) is 25.2. The lowest BCUT2D eigenvalue weighted by Crippen LogP contribution is -2.06. The van der Waals surface area contributed by atoms with Crippen LogP contribution >= 0.6 is 11.3 Å². The molecule has 2 heterocycles. The number of rotatable bonds is 6. The third kappa shape index (κ3) is 5.64. The van der Waals surface area contributed by atoms with Crippen molar-refractivity contribution in [1.29, 1.82) is 0 Å². The largest absolute Gasteiger partial charge is 0.308 e. The molecule has 0 fully saturated rings. The summed E-state index contributed by atoms with van der Waals surface area (Å²) >= 11 is 1.86. The predicted octanol–water partition coefficient (Wildman–Crippen LogP) is 11.9. The molecule has 0 aliphatic carbocycles. The van der Waals surface area contributed by atoms with Gasteiger partial charge in [-0.2, -0.15) is 0 Å². The molecule has 0 atom stereocenters. The van der Waals surface area contributed by atoms with Crippen molar-refractivity contribution in [2.75, 3.05) is 0 Å². The van der Waals surface area contributed by atoms with Gasteiger partial charge in [0.2, 0.25) is 0 Å². The van der Waals surface area contributed by atoms with Crippen LogP contribution in [0.25, 0.3) is 58.8 Å². The van der Waals surface area contributed by atoms with Gasteiger partial charge in [0.1, 0.15) is 0 Å². The van der Waals surface area contributed by atoms with Gasteiger partial charge >= 0.3 is 0 Å². The number of thiophene rings is 1. The highest BCUT2D eigenvalue weighted by Gasteiger charge is 2.19. The van der Waals surface area contributed by atoms with Crippen molar-refractivity contribution in [3.8, 4) is 16.8 Å². The van der Waals surface area contributed by atoms with E-state index in [9.17, 15) is 0 Å². The topological polar surface area (TPSA) is 42.0 Å². The third-order valence-electron chi connectivity index (χ3n) is 9.39. The van der Waals surface area contributed by atoms with Crippen molar-refractivity contribution in [2.24, 2.45) is 15.0 Å². The summed E-state index contributed by atoms with van der Waals surface area (Å²) in [4.78, 5) is 14.5. The number of hydrogen-bond donors (Lipinski definition) is 0. The average molecular weight is 673 g/mol. The first kappa shape index (κ1) is 30.6. The molecular formula is C46H32N4S. The van der Waals surface area contributed by atoms with E-state index < -0.39 is 0 Å². The quantitative estimate of drug-likeness (QED) is 0.125. The first-order valence-corrected chi connectivity index (χ1v) is 17.8. The minimum atomic E-state index is 0.487. The molecule has 51 heavy (non-hydrogen) atoms. The second kappa shape index (κ2) is 13.1. The van der Waals surface area contributed by atoms with Gasteiger partial charge < -0.3 is 4.57 Å². The summed E-state index contributed by atoms with van der Waals surface area (Å²) in [6.45, 7) is 4.36. The molecule has 0 aliphatic rings. The Bertz CT molecular complexity index is 2770. The van der Waals surface area contributed by atoms with Crippen molar-refractivity contribution in [3.05, 3.63) is 187 Å². The molecule has 0 radical (unpaired) electrons. The maximum Gasteiger partial charge on any atom is 0.161 e. The third-order valence-corrected chi connectivity index (χ3v) is 10.6. The van der Waals surface area contributed by atoms with Gasteiger partial charge in [-0.25, -0.2) is 9.98 Å². The summed E-state index contributed by atoms with van der Waals surface area (Å²) in [5.74, 6) is 1.13. The van der Waals surface area contributed by atoms with E-state index in [1.54, 1.807) is 0 Å². The van der Waals surface area contributed by atoms with Gasteiger partial charge in [-0.3, -0.25) is 4.99 Å². The van der Waals surface area contributed by atoms with Crippen LogP contribution in [0.15, 0.2) is 185 Å². The number of hydrogen-bond acceptors (Lipinski definition) is 2. The first-order valence-electron chi connectivity index (χ1n) is 17.0. The van der Waals surface area contributed by atoms with Crippen LogP contribution in [0.1, 0.15) is 16.7 Å². The molecular weight excluding hydrogens is 641 g/mol. The summed E-state index contributed by atoms with van der Waals surface area (Å²) in [6.07, 6.45) is 0. The predicted molar refractivity (Wildman–Crippen MR) is 218 cm³/mol. The zero-order valence-corrected chi connectivity index (χ0v) is 28.6. The van der Waals surface area contributed by atoms with Crippen molar-refractivity contribution in [1.82, 2.24) is 4.57 Å².